The Hall–Kier alpha value is -2.37. The third-order valence-corrected chi connectivity index (χ3v) is 3.65. The van der Waals surface area contributed by atoms with Crippen LogP contribution in [0.15, 0.2) is 54.6 Å². The molecule has 120 valence electrons. The summed E-state index contributed by atoms with van der Waals surface area (Å²) in [5.41, 5.74) is -0.280. The summed E-state index contributed by atoms with van der Waals surface area (Å²) in [6.07, 6.45) is 0. The Morgan fingerprint density at radius 1 is 1.04 bits per heavy atom. The molecule has 3 N–H and O–H groups in total. The maximum Gasteiger partial charge on any atom is 0.313 e. The van der Waals surface area contributed by atoms with E-state index in [0.29, 0.717) is 16.3 Å². The van der Waals surface area contributed by atoms with Crippen molar-refractivity contribution in [2.45, 2.75) is 12.5 Å². The number of hydrogen-bond donors (Lipinski definition) is 3. The topological polar surface area (TPSA) is 78.4 Å². The smallest absolute Gasteiger partial charge is 0.313 e. The molecule has 5 nitrogen and oxygen atoms in total. The van der Waals surface area contributed by atoms with E-state index >= 15 is 0 Å². The van der Waals surface area contributed by atoms with Gasteiger partial charge >= 0.3 is 11.8 Å². The van der Waals surface area contributed by atoms with Gasteiger partial charge in [-0.1, -0.05) is 54.1 Å². The largest absolute Gasteiger partial charge is 0.384 e. The highest BCUT2D eigenvalue weighted by molar-refractivity contribution is 6.41. The van der Waals surface area contributed by atoms with Gasteiger partial charge in [-0.25, -0.2) is 0 Å². The number of benzene rings is 2. The fraction of sp³-hybridized carbons (Fsp3) is 0.176. The van der Waals surface area contributed by atoms with Crippen LogP contribution in [0.2, 0.25) is 5.02 Å². The van der Waals surface area contributed by atoms with Crippen molar-refractivity contribution in [3.8, 4) is 0 Å². The first kappa shape index (κ1) is 17.0. The van der Waals surface area contributed by atoms with Gasteiger partial charge in [0.05, 0.1) is 17.3 Å². The van der Waals surface area contributed by atoms with Crippen LogP contribution in [0.25, 0.3) is 0 Å². The number of carbonyl (C=O) groups is 2. The number of para-hydroxylation sites is 1. The molecule has 0 saturated heterocycles. The predicted octanol–water partition coefficient (Wildman–Crippen LogP) is 2.30. The zero-order chi connectivity index (χ0) is 16.9. The number of hydrogen-bond acceptors (Lipinski definition) is 3. The predicted molar refractivity (Wildman–Crippen MR) is 89.1 cm³/mol. The molecule has 0 aromatic heterocycles. The lowest BCUT2D eigenvalue weighted by Crippen LogP contribution is -2.43. The van der Waals surface area contributed by atoms with Crippen LogP contribution in [0.1, 0.15) is 12.5 Å². The monoisotopic (exact) mass is 332 g/mol. The number of rotatable bonds is 4. The van der Waals surface area contributed by atoms with Crippen LogP contribution in [0.5, 0.6) is 0 Å². The first-order valence-corrected chi connectivity index (χ1v) is 7.39. The molecule has 0 bridgehead atoms. The van der Waals surface area contributed by atoms with E-state index in [1.807, 2.05) is 6.07 Å². The van der Waals surface area contributed by atoms with E-state index in [-0.39, 0.29) is 6.54 Å². The Kier molecular flexibility index (Phi) is 5.36. The maximum atomic E-state index is 11.9. The summed E-state index contributed by atoms with van der Waals surface area (Å²) in [7, 11) is 0. The lowest BCUT2D eigenvalue weighted by atomic mass is 9.96. The van der Waals surface area contributed by atoms with Gasteiger partial charge in [0, 0.05) is 0 Å². The second-order valence-electron chi connectivity index (χ2n) is 5.26. The van der Waals surface area contributed by atoms with Crippen molar-refractivity contribution < 1.29 is 14.7 Å². The van der Waals surface area contributed by atoms with Gasteiger partial charge in [-0.05, 0) is 24.6 Å². The summed E-state index contributed by atoms with van der Waals surface area (Å²) < 4.78 is 0. The third-order valence-electron chi connectivity index (χ3n) is 3.32. The molecule has 2 rings (SSSR count). The minimum Gasteiger partial charge on any atom is -0.384 e. The van der Waals surface area contributed by atoms with Gasteiger partial charge in [0.1, 0.15) is 5.60 Å². The molecular weight excluding hydrogens is 316 g/mol. The maximum absolute atomic E-state index is 11.9. The molecule has 0 saturated carbocycles. The Morgan fingerprint density at radius 2 is 1.65 bits per heavy atom. The highest BCUT2D eigenvalue weighted by Crippen LogP contribution is 2.21. The zero-order valence-electron chi connectivity index (χ0n) is 12.5. The average molecular weight is 333 g/mol. The van der Waals surface area contributed by atoms with E-state index in [1.54, 1.807) is 55.5 Å². The number of halogens is 1. The van der Waals surface area contributed by atoms with Crippen LogP contribution in [-0.2, 0) is 15.2 Å². The third kappa shape index (κ3) is 4.55. The van der Waals surface area contributed by atoms with Crippen LogP contribution in [-0.4, -0.2) is 23.5 Å². The molecule has 0 aliphatic rings. The van der Waals surface area contributed by atoms with Crippen LogP contribution in [0.3, 0.4) is 0 Å². The van der Waals surface area contributed by atoms with Gasteiger partial charge in [-0.15, -0.1) is 0 Å². The van der Waals surface area contributed by atoms with Crippen LogP contribution >= 0.6 is 11.6 Å². The van der Waals surface area contributed by atoms with Crippen LogP contribution in [0, 0.1) is 0 Å². The zero-order valence-corrected chi connectivity index (χ0v) is 13.3. The Bertz CT molecular complexity index is 702. The van der Waals surface area contributed by atoms with Gasteiger partial charge in [0.25, 0.3) is 0 Å². The van der Waals surface area contributed by atoms with Crippen molar-refractivity contribution in [3.63, 3.8) is 0 Å². The molecule has 0 aliphatic heterocycles. The normalized spacial score (nSPS) is 13.0. The first-order chi connectivity index (χ1) is 10.9. The minimum absolute atomic E-state index is 0.0915. The molecule has 2 aromatic carbocycles. The van der Waals surface area contributed by atoms with E-state index in [9.17, 15) is 14.7 Å². The quantitative estimate of drug-likeness (QED) is 0.752. The summed E-state index contributed by atoms with van der Waals surface area (Å²) in [5.74, 6) is -1.69. The highest BCUT2D eigenvalue weighted by atomic mass is 35.5. The van der Waals surface area contributed by atoms with Gasteiger partial charge < -0.3 is 15.7 Å². The molecule has 2 aromatic rings. The number of nitrogens with one attached hydrogen (secondary N) is 2. The lowest BCUT2D eigenvalue weighted by molar-refractivity contribution is -0.136. The first-order valence-electron chi connectivity index (χ1n) is 7.02. The van der Waals surface area contributed by atoms with Crippen LogP contribution < -0.4 is 10.6 Å². The molecule has 0 aliphatic carbocycles. The van der Waals surface area contributed by atoms with Crippen molar-refractivity contribution in [1.29, 1.82) is 0 Å². The van der Waals surface area contributed by atoms with Crippen molar-refractivity contribution in [3.05, 3.63) is 65.2 Å². The molecule has 0 heterocycles. The number of anilines is 1. The SMILES string of the molecule is CC(O)(CNC(=O)C(=O)Nc1ccccc1Cl)c1ccccc1. The summed E-state index contributed by atoms with van der Waals surface area (Å²) >= 11 is 5.92. The molecule has 6 heteroatoms. The second-order valence-corrected chi connectivity index (χ2v) is 5.66. The summed E-state index contributed by atoms with van der Waals surface area (Å²) in [6, 6.07) is 15.5. The van der Waals surface area contributed by atoms with Gasteiger partial charge in [-0.2, -0.15) is 0 Å². The number of amides is 2. The molecule has 0 fully saturated rings. The number of carbonyl (C=O) groups excluding carboxylic acids is 2. The summed E-state index contributed by atoms with van der Waals surface area (Å²) in [6.45, 7) is 1.47. The fourth-order valence-electron chi connectivity index (χ4n) is 1.97. The molecule has 2 amide bonds. The highest BCUT2D eigenvalue weighted by Gasteiger charge is 2.25. The second kappa shape index (κ2) is 7.26. The fourth-order valence-corrected chi connectivity index (χ4v) is 2.16. The van der Waals surface area contributed by atoms with Crippen molar-refractivity contribution in [2.75, 3.05) is 11.9 Å². The molecule has 23 heavy (non-hydrogen) atoms. The van der Waals surface area contributed by atoms with Crippen LogP contribution in [0.4, 0.5) is 5.69 Å². The minimum atomic E-state index is -1.28. The Balaban J connectivity index is 1.94. The van der Waals surface area contributed by atoms with E-state index in [0.717, 1.165) is 0 Å². The van der Waals surface area contributed by atoms with Gasteiger partial charge in [0.2, 0.25) is 0 Å². The average Bonchev–Trinajstić information content (AvgIpc) is 2.55. The van der Waals surface area contributed by atoms with Gasteiger partial charge in [0.15, 0.2) is 0 Å². The Labute approximate surface area is 139 Å². The molecule has 1 atom stereocenters. The molecule has 1 unspecified atom stereocenters. The summed E-state index contributed by atoms with van der Waals surface area (Å²) in [5, 5.41) is 15.6. The Morgan fingerprint density at radius 3 is 2.30 bits per heavy atom. The van der Waals surface area contributed by atoms with Gasteiger partial charge in [-0.3, -0.25) is 9.59 Å². The van der Waals surface area contributed by atoms with Crippen molar-refractivity contribution in [2.24, 2.45) is 0 Å². The van der Waals surface area contributed by atoms with Crippen molar-refractivity contribution >= 4 is 29.1 Å². The van der Waals surface area contributed by atoms with E-state index in [1.165, 1.54) is 0 Å². The van der Waals surface area contributed by atoms with Crippen molar-refractivity contribution in [1.82, 2.24) is 5.32 Å². The lowest BCUT2D eigenvalue weighted by Gasteiger charge is -2.24. The van der Waals surface area contributed by atoms with E-state index in [4.69, 9.17) is 11.6 Å². The van der Waals surface area contributed by atoms with E-state index in [2.05, 4.69) is 10.6 Å². The van der Waals surface area contributed by atoms with E-state index < -0.39 is 17.4 Å². The summed E-state index contributed by atoms with van der Waals surface area (Å²) in [4.78, 5) is 23.7. The molecular formula is C17H17ClN2O3. The standard InChI is InChI=1S/C17H17ClN2O3/c1-17(23,12-7-3-2-4-8-12)11-19-15(21)16(22)20-14-10-6-5-9-13(14)18/h2-10,23H,11H2,1H3,(H,19,21)(H,20,22). The number of aliphatic hydroxyl groups is 1. The molecule has 0 radical (unpaired) electrons. The molecule has 0 spiro atoms.